The molecule has 1 aliphatic rings. The van der Waals surface area contributed by atoms with Crippen molar-refractivity contribution in [2.45, 2.75) is 26.3 Å². The smallest absolute Gasteiger partial charge is 0.0642 e. The molecule has 2 rings (SSSR count). The lowest BCUT2D eigenvalue weighted by Crippen LogP contribution is -2.32. The lowest BCUT2D eigenvalue weighted by Gasteiger charge is -2.26. The Hall–Kier alpha value is -0.770. The molecule has 0 aromatic heterocycles. The lowest BCUT2D eigenvalue weighted by atomic mass is 10.1. The number of para-hydroxylation sites is 1. The van der Waals surface area contributed by atoms with Gasteiger partial charge in [-0.3, -0.25) is 0 Å². The Balaban J connectivity index is 2.00. The second-order valence-electron chi connectivity index (χ2n) is 5.50. The summed E-state index contributed by atoms with van der Waals surface area (Å²) in [6.07, 6.45) is 2.70. The van der Waals surface area contributed by atoms with E-state index in [-0.39, 0.29) is 0 Å². The molecule has 4 heteroatoms. The number of anilines is 1. The van der Waals surface area contributed by atoms with E-state index in [0.717, 1.165) is 31.2 Å². The maximum atomic E-state index is 6.42. The molecule has 20 heavy (non-hydrogen) atoms. The number of likely N-dealkylation sites (tertiary alicyclic amines) is 1. The van der Waals surface area contributed by atoms with Gasteiger partial charge < -0.3 is 15.1 Å². The van der Waals surface area contributed by atoms with E-state index in [1.54, 1.807) is 0 Å². The van der Waals surface area contributed by atoms with Gasteiger partial charge in [-0.2, -0.15) is 0 Å². The van der Waals surface area contributed by atoms with Gasteiger partial charge in [0.05, 0.1) is 10.7 Å². The van der Waals surface area contributed by atoms with Crippen LogP contribution in [-0.2, 0) is 6.54 Å². The first kappa shape index (κ1) is 15.6. The predicted molar refractivity (Wildman–Crippen MR) is 87.8 cm³/mol. The molecule has 112 valence electrons. The minimum Gasteiger partial charge on any atom is -0.372 e. The van der Waals surface area contributed by atoms with Crippen molar-refractivity contribution in [1.29, 1.82) is 0 Å². The highest BCUT2D eigenvalue weighted by atomic mass is 35.5. The van der Waals surface area contributed by atoms with Crippen LogP contribution < -0.4 is 10.2 Å². The van der Waals surface area contributed by atoms with Crippen molar-refractivity contribution in [3.8, 4) is 0 Å². The quantitative estimate of drug-likeness (QED) is 0.834. The molecule has 0 saturated carbocycles. The van der Waals surface area contributed by atoms with Crippen molar-refractivity contribution in [1.82, 2.24) is 10.2 Å². The van der Waals surface area contributed by atoms with Crippen LogP contribution in [0.25, 0.3) is 0 Å². The molecule has 1 heterocycles. The Morgan fingerprint density at radius 2 is 2.05 bits per heavy atom. The summed E-state index contributed by atoms with van der Waals surface area (Å²) in [6.45, 7) is 8.64. The molecule has 1 N–H and O–H groups in total. The zero-order valence-corrected chi connectivity index (χ0v) is 13.4. The normalized spacial score (nSPS) is 15.8. The molecule has 0 unspecified atom stereocenters. The third-order valence-electron chi connectivity index (χ3n) is 3.97. The first-order valence-electron chi connectivity index (χ1n) is 7.64. The third kappa shape index (κ3) is 4.11. The van der Waals surface area contributed by atoms with E-state index >= 15 is 0 Å². The summed E-state index contributed by atoms with van der Waals surface area (Å²) in [5, 5.41) is 4.24. The van der Waals surface area contributed by atoms with E-state index in [4.69, 9.17) is 11.6 Å². The van der Waals surface area contributed by atoms with E-state index in [9.17, 15) is 0 Å². The van der Waals surface area contributed by atoms with Crippen LogP contribution in [0.4, 0.5) is 5.69 Å². The highest BCUT2D eigenvalue weighted by molar-refractivity contribution is 6.33. The van der Waals surface area contributed by atoms with Crippen molar-refractivity contribution < 1.29 is 0 Å². The van der Waals surface area contributed by atoms with Gasteiger partial charge in [-0.05, 0) is 44.1 Å². The molecule has 1 aromatic carbocycles. The molecule has 3 nitrogen and oxygen atoms in total. The molecule has 0 bridgehead atoms. The minimum atomic E-state index is 0.851. The van der Waals surface area contributed by atoms with Gasteiger partial charge in [0.2, 0.25) is 0 Å². The molecule has 1 aromatic rings. The molecule has 0 spiro atoms. The third-order valence-corrected chi connectivity index (χ3v) is 4.27. The Bertz CT molecular complexity index is 416. The van der Waals surface area contributed by atoms with Gasteiger partial charge >= 0.3 is 0 Å². The van der Waals surface area contributed by atoms with Gasteiger partial charge in [0.1, 0.15) is 0 Å². The van der Waals surface area contributed by atoms with E-state index in [0.29, 0.717) is 0 Å². The average molecular weight is 296 g/mol. The van der Waals surface area contributed by atoms with Gasteiger partial charge in [-0.1, -0.05) is 30.7 Å². The number of benzene rings is 1. The SMILES string of the molecule is CCNCc1cccc(Cl)c1N(C)CCN1CCCC1. The number of rotatable bonds is 7. The van der Waals surface area contributed by atoms with Gasteiger partial charge in [0.25, 0.3) is 0 Å². The Morgan fingerprint density at radius 1 is 1.30 bits per heavy atom. The molecule has 1 fully saturated rings. The second kappa shape index (κ2) is 7.87. The van der Waals surface area contributed by atoms with Crippen molar-refractivity contribution in [3.05, 3.63) is 28.8 Å². The molecular weight excluding hydrogens is 270 g/mol. The van der Waals surface area contributed by atoms with Crippen LogP contribution in [0, 0.1) is 0 Å². The summed E-state index contributed by atoms with van der Waals surface area (Å²) in [5.41, 5.74) is 2.46. The van der Waals surface area contributed by atoms with Crippen LogP contribution in [0.5, 0.6) is 0 Å². The number of hydrogen-bond donors (Lipinski definition) is 1. The van der Waals surface area contributed by atoms with Crippen molar-refractivity contribution in [2.24, 2.45) is 0 Å². The van der Waals surface area contributed by atoms with E-state index in [1.165, 1.54) is 37.2 Å². The first-order valence-corrected chi connectivity index (χ1v) is 8.01. The fourth-order valence-corrected chi connectivity index (χ4v) is 3.14. The Morgan fingerprint density at radius 3 is 2.75 bits per heavy atom. The highest BCUT2D eigenvalue weighted by Gasteiger charge is 2.15. The maximum Gasteiger partial charge on any atom is 0.0642 e. The summed E-state index contributed by atoms with van der Waals surface area (Å²) in [7, 11) is 2.15. The molecule has 1 aliphatic heterocycles. The van der Waals surface area contributed by atoms with Gasteiger partial charge in [-0.15, -0.1) is 0 Å². The fourth-order valence-electron chi connectivity index (χ4n) is 2.80. The topological polar surface area (TPSA) is 18.5 Å². The lowest BCUT2D eigenvalue weighted by molar-refractivity contribution is 0.346. The Kier molecular flexibility index (Phi) is 6.14. The second-order valence-corrected chi connectivity index (χ2v) is 5.91. The number of nitrogens with one attached hydrogen (secondary N) is 1. The zero-order chi connectivity index (χ0) is 14.4. The van der Waals surface area contributed by atoms with Crippen LogP contribution in [-0.4, -0.2) is 44.7 Å². The molecule has 0 aliphatic carbocycles. The molecule has 0 atom stereocenters. The standard InChI is InChI=1S/C16H26ClN3/c1-3-18-13-14-7-6-8-15(17)16(14)19(2)11-12-20-9-4-5-10-20/h6-8,18H,3-5,9-13H2,1-2H3. The largest absolute Gasteiger partial charge is 0.372 e. The van der Waals surface area contributed by atoms with E-state index in [1.807, 2.05) is 12.1 Å². The van der Waals surface area contributed by atoms with Crippen LogP contribution in [0.15, 0.2) is 18.2 Å². The van der Waals surface area contributed by atoms with Gasteiger partial charge in [-0.25, -0.2) is 0 Å². The van der Waals surface area contributed by atoms with Crippen LogP contribution in [0.3, 0.4) is 0 Å². The van der Waals surface area contributed by atoms with Crippen LogP contribution >= 0.6 is 11.6 Å². The van der Waals surface area contributed by atoms with Crippen LogP contribution in [0.2, 0.25) is 5.02 Å². The van der Waals surface area contributed by atoms with E-state index < -0.39 is 0 Å². The molecule has 0 radical (unpaired) electrons. The zero-order valence-electron chi connectivity index (χ0n) is 12.7. The predicted octanol–water partition coefficient (Wildman–Crippen LogP) is 2.98. The monoisotopic (exact) mass is 295 g/mol. The summed E-state index contributed by atoms with van der Waals surface area (Å²) in [6, 6.07) is 6.18. The molecule has 1 saturated heterocycles. The fraction of sp³-hybridized carbons (Fsp3) is 0.625. The summed E-state index contributed by atoms with van der Waals surface area (Å²) >= 11 is 6.42. The highest BCUT2D eigenvalue weighted by Crippen LogP contribution is 2.29. The van der Waals surface area contributed by atoms with E-state index in [2.05, 4.69) is 35.2 Å². The maximum absolute atomic E-state index is 6.42. The number of hydrogen-bond acceptors (Lipinski definition) is 3. The molecule has 0 amide bonds. The van der Waals surface area contributed by atoms with Crippen LogP contribution in [0.1, 0.15) is 25.3 Å². The number of halogens is 1. The summed E-state index contributed by atoms with van der Waals surface area (Å²) < 4.78 is 0. The Labute approximate surface area is 127 Å². The van der Waals surface area contributed by atoms with Gasteiger partial charge in [0, 0.05) is 26.7 Å². The number of nitrogens with zero attached hydrogens (tertiary/aromatic N) is 2. The average Bonchev–Trinajstić information content (AvgIpc) is 2.96. The minimum absolute atomic E-state index is 0.851. The molecular formula is C16H26ClN3. The number of likely N-dealkylation sites (N-methyl/N-ethyl adjacent to an activating group) is 1. The summed E-state index contributed by atoms with van der Waals surface area (Å²) in [5.74, 6) is 0. The van der Waals surface area contributed by atoms with Crippen molar-refractivity contribution >= 4 is 17.3 Å². The van der Waals surface area contributed by atoms with Crippen molar-refractivity contribution in [3.63, 3.8) is 0 Å². The van der Waals surface area contributed by atoms with Crippen molar-refractivity contribution in [2.75, 3.05) is 44.7 Å². The summed E-state index contributed by atoms with van der Waals surface area (Å²) in [4.78, 5) is 4.84. The first-order chi connectivity index (χ1) is 9.72. The van der Waals surface area contributed by atoms with Gasteiger partial charge in [0.15, 0.2) is 0 Å².